The Morgan fingerprint density at radius 1 is 1.50 bits per heavy atom. The Kier molecular flexibility index (Phi) is 6.01. The minimum absolute atomic E-state index is 0.275. The van der Waals surface area contributed by atoms with Gasteiger partial charge in [0.05, 0.1) is 31.3 Å². The van der Waals surface area contributed by atoms with Gasteiger partial charge in [0.15, 0.2) is 0 Å². The highest BCUT2D eigenvalue weighted by Gasteiger charge is 2.22. The van der Waals surface area contributed by atoms with Crippen LogP contribution < -0.4 is 5.32 Å². The summed E-state index contributed by atoms with van der Waals surface area (Å²) in [4.78, 5) is 6.92. The number of hydrogen-bond acceptors (Lipinski definition) is 4. The largest absolute Gasteiger partial charge is 0.374 e. The maximum absolute atomic E-state index is 5.86. The van der Waals surface area contributed by atoms with Crippen molar-refractivity contribution in [3.05, 3.63) is 18.2 Å². The molecule has 0 spiro atoms. The fourth-order valence-corrected chi connectivity index (χ4v) is 2.55. The Bertz CT molecular complexity index is 391. The molecule has 0 saturated carbocycles. The van der Waals surface area contributed by atoms with Crippen molar-refractivity contribution < 1.29 is 4.74 Å². The molecule has 0 aliphatic carbocycles. The minimum atomic E-state index is 0.275. The third kappa shape index (κ3) is 4.58. The lowest BCUT2D eigenvalue weighted by Gasteiger charge is -2.35. The second-order valence-corrected chi connectivity index (χ2v) is 5.82. The van der Waals surface area contributed by atoms with Crippen molar-refractivity contribution in [2.24, 2.45) is 0 Å². The van der Waals surface area contributed by atoms with Gasteiger partial charge in [0.25, 0.3) is 0 Å². The van der Waals surface area contributed by atoms with Crippen molar-refractivity contribution in [2.75, 3.05) is 26.2 Å². The van der Waals surface area contributed by atoms with Crippen molar-refractivity contribution in [3.8, 4) is 0 Å². The van der Waals surface area contributed by atoms with E-state index in [0.29, 0.717) is 6.04 Å². The monoisotopic (exact) mass is 280 g/mol. The summed E-state index contributed by atoms with van der Waals surface area (Å²) in [5.41, 5.74) is 1.11. The first-order valence-electron chi connectivity index (χ1n) is 7.76. The second-order valence-electron chi connectivity index (χ2n) is 5.82. The summed E-state index contributed by atoms with van der Waals surface area (Å²) in [6.07, 6.45) is 5.47. The van der Waals surface area contributed by atoms with Crippen LogP contribution in [-0.4, -0.2) is 52.8 Å². The van der Waals surface area contributed by atoms with Gasteiger partial charge in [0.1, 0.15) is 0 Å². The molecule has 1 aromatic rings. The van der Waals surface area contributed by atoms with Crippen LogP contribution in [0.15, 0.2) is 12.5 Å². The lowest BCUT2D eigenvalue weighted by Crippen LogP contribution is -2.47. The van der Waals surface area contributed by atoms with Gasteiger partial charge in [-0.2, -0.15) is 0 Å². The Morgan fingerprint density at radius 2 is 2.35 bits per heavy atom. The molecule has 1 atom stereocenters. The number of aromatic nitrogens is 2. The van der Waals surface area contributed by atoms with Gasteiger partial charge < -0.3 is 14.6 Å². The Hall–Kier alpha value is -0.910. The van der Waals surface area contributed by atoms with E-state index in [1.807, 2.05) is 6.33 Å². The van der Waals surface area contributed by atoms with Crippen LogP contribution in [-0.2, 0) is 17.8 Å². The fourth-order valence-electron chi connectivity index (χ4n) is 2.55. The molecule has 1 saturated heterocycles. The van der Waals surface area contributed by atoms with Gasteiger partial charge in [-0.15, -0.1) is 0 Å². The summed E-state index contributed by atoms with van der Waals surface area (Å²) in [6.45, 7) is 12.4. The highest BCUT2D eigenvalue weighted by Crippen LogP contribution is 2.11. The van der Waals surface area contributed by atoms with E-state index in [1.165, 1.54) is 0 Å². The van der Waals surface area contributed by atoms with E-state index in [1.54, 1.807) is 0 Å². The van der Waals surface area contributed by atoms with Crippen molar-refractivity contribution in [2.45, 2.75) is 52.4 Å². The molecule has 1 aliphatic rings. The first-order chi connectivity index (χ1) is 9.69. The molecule has 1 fully saturated rings. The van der Waals surface area contributed by atoms with E-state index in [4.69, 9.17) is 4.74 Å². The lowest BCUT2D eigenvalue weighted by atomic mass is 10.2. The maximum atomic E-state index is 5.86. The molecule has 0 bridgehead atoms. The average molecular weight is 280 g/mol. The molecule has 2 heterocycles. The molecule has 0 aromatic carbocycles. The molecule has 1 unspecified atom stereocenters. The number of ether oxygens (including phenoxy) is 1. The van der Waals surface area contributed by atoms with Crippen LogP contribution in [0.25, 0.3) is 0 Å². The van der Waals surface area contributed by atoms with Gasteiger partial charge >= 0.3 is 0 Å². The van der Waals surface area contributed by atoms with Crippen LogP contribution in [0.3, 0.4) is 0 Å². The van der Waals surface area contributed by atoms with Crippen molar-refractivity contribution in [3.63, 3.8) is 0 Å². The smallest absolute Gasteiger partial charge is 0.0950 e. The molecular weight excluding hydrogens is 252 g/mol. The van der Waals surface area contributed by atoms with Gasteiger partial charge in [-0.05, 0) is 26.8 Å². The molecule has 0 amide bonds. The van der Waals surface area contributed by atoms with E-state index in [0.717, 1.165) is 51.4 Å². The van der Waals surface area contributed by atoms with Crippen LogP contribution in [0.2, 0.25) is 0 Å². The zero-order chi connectivity index (χ0) is 14.4. The van der Waals surface area contributed by atoms with Crippen molar-refractivity contribution in [1.82, 2.24) is 19.8 Å². The molecule has 0 radical (unpaired) electrons. The van der Waals surface area contributed by atoms with Crippen LogP contribution in [0.5, 0.6) is 0 Å². The Morgan fingerprint density at radius 3 is 3.10 bits per heavy atom. The van der Waals surface area contributed by atoms with E-state index in [2.05, 4.69) is 46.7 Å². The molecule has 1 aliphatic heterocycles. The number of nitrogens with one attached hydrogen (secondary N) is 1. The summed E-state index contributed by atoms with van der Waals surface area (Å²) in [7, 11) is 0. The summed E-state index contributed by atoms with van der Waals surface area (Å²) in [5, 5.41) is 3.37. The summed E-state index contributed by atoms with van der Waals surface area (Å²) in [6, 6.07) is 0.595. The predicted molar refractivity (Wildman–Crippen MR) is 80.7 cm³/mol. The van der Waals surface area contributed by atoms with E-state index in [9.17, 15) is 0 Å². The molecule has 5 nitrogen and oxygen atoms in total. The summed E-state index contributed by atoms with van der Waals surface area (Å²) >= 11 is 0. The second kappa shape index (κ2) is 7.76. The number of morpholine rings is 1. The highest BCUT2D eigenvalue weighted by molar-refractivity contribution is 4.96. The van der Waals surface area contributed by atoms with Crippen LogP contribution in [0.4, 0.5) is 0 Å². The Labute approximate surface area is 122 Å². The molecule has 2 rings (SSSR count). The van der Waals surface area contributed by atoms with Crippen LogP contribution in [0, 0.1) is 0 Å². The van der Waals surface area contributed by atoms with E-state index < -0.39 is 0 Å². The van der Waals surface area contributed by atoms with E-state index in [-0.39, 0.29) is 6.10 Å². The lowest BCUT2D eigenvalue weighted by molar-refractivity contribution is -0.0456. The Balaban J connectivity index is 1.80. The predicted octanol–water partition coefficient (Wildman–Crippen LogP) is 1.49. The quantitative estimate of drug-likeness (QED) is 0.769. The first kappa shape index (κ1) is 15.5. The number of hydrogen-bond donors (Lipinski definition) is 1. The first-order valence-corrected chi connectivity index (χ1v) is 7.76. The topological polar surface area (TPSA) is 42.3 Å². The van der Waals surface area contributed by atoms with Crippen molar-refractivity contribution >= 4 is 0 Å². The standard InChI is InChI=1S/C15H28N4O/c1-4-5-16-8-14-9-18(12-17-14)10-15-11-19(13(2)3)6-7-20-15/h9,12-13,15-16H,4-8,10-11H2,1-3H3. The van der Waals surface area contributed by atoms with E-state index >= 15 is 0 Å². The fraction of sp³-hybridized carbons (Fsp3) is 0.800. The molecule has 114 valence electrons. The third-order valence-electron chi connectivity index (χ3n) is 3.73. The van der Waals surface area contributed by atoms with Gasteiger partial charge in [-0.1, -0.05) is 6.92 Å². The summed E-state index contributed by atoms with van der Waals surface area (Å²) in [5.74, 6) is 0. The zero-order valence-corrected chi connectivity index (χ0v) is 13.0. The van der Waals surface area contributed by atoms with Crippen LogP contribution >= 0.6 is 0 Å². The van der Waals surface area contributed by atoms with Gasteiger partial charge in [-0.3, -0.25) is 4.90 Å². The highest BCUT2D eigenvalue weighted by atomic mass is 16.5. The molecule has 1 aromatic heterocycles. The summed E-state index contributed by atoms with van der Waals surface area (Å²) < 4.78 is 8.01. The number of nitrogens with zero attached hydrogens (tertiary/aromatic N) is 3. The van der Waals surface area contributed by atoms with Gasteiger partial charge in [-0.25, -0.2) is 4.98 Å². The van der Waals surface area contributed by atoms with Gasteiger partial charge in [0.2, 0.25) is 0 Å². The zero-order valence-electron chi connectivity index (χ0n) is 13.0. The number of rotatable bonds is 7. The maximum Gasteiger partial charge on any atom is 0.0950 e. The molecular formula is C15H28N4O. The minimum Gasteiger partial charge on any atom is -0.374 e. The van der Waals surface area contributed by atoms with Crippen molar-refractivity contribution in [1.29, 1.82) is 0 Å². The molecule has 5 heteroatoms. The third-order valence-corrected chi connectivity index (χ3v) is 3.73. The average Bonchev–Trinajstić information content (AvgIpc) is 2.87. The molecule has 20 heavy (non-hydrogen) atoms. The van der Waals surface area contributed by atoms with Crippen LogP contribution in [0.1, 0.15) is 32.9 Å². The normalized spacial score (nSPS) is 20.7. The number of imidazole rings is 1. The SMILES string of the molecule is CCCNCc1cn(CC2CN(C(C)C)CCO2)cn1. The molecule has 1 N–H and O–H groups in total. The van der Waals surface area contributed by atoms with Gasteiger partial charge in [0, 0.05) is 31.9 Å².